The third-order valence-corrected chi connectivity index (χ3v) is 3.54. The van der Waals surface area contributed by atoms with E-state index in [9.17, 15) is 4.79 Å². The maximum absolute atomic E-state index is 11.6. The monoisotopic (exact) mass is 296 g/mol. The van der Waals surface area contributed by atoms with Gasteiger partial charge in [0.2, 0.25) is 0 Å². The Bertz CT molecular complexity index is 643. The van der Waals surface area contributed by atoms with Crippen LogP contribution in [0.15, 0.2) is 15.5 Å². The van der Waals surface area contributed by atoms with Crippen LogP contribution < -0.4 is 10.9 Å². The van der Waals surface area contributed by atoms with Gasteiger partial charge in [-0.25, -0.2) is 4.68 Å². The third kappa shape index (κ3) is 3.01. The molecule has 0 spiro atoms. The van der Waals surface area contributed by atoms with Gasteiger partial charge < -0.3 is 9.84 Å². The summed E-state index contributed by atoms with van der Waals surface area (Å²) in [7, 11) is 1.56. The Hall–Kier alpha value is -1.82. The van der Waals surface area contributed by atoms with Gasteiger partial charge in [0.15, 0.2) is 0 Å². The summed E-state index contributed by atoms with van der Waals surface area (Å²) >= 11 is 5.97. The number of hydrogen-bond acceptors (Lipinski definition) is 5. The van der Waals surface area contributed by atoms with Crippen molar-refractivity contribution in [1.29, 1.82) is 0 Å². The quantitative estimate of drug-likeness (QED) is 0.855. The van der Waals surface area contributed by atoms with Crippen molar-refractivity contribution in [2.24, 2.45) is 7.05 Å². The summed E-state index contributed by atoms with van der Waals surface area (Å²) in [6.45, 7) is 4.53. The van der Waals surface area contributed by atoms with E-state index in [1.54, 1.807) is 13.2 Å². The van der Waals surface area contributed by atoms with Crippen LogP contribution >= 0.6 is 11.6 Å². The van der Waals surface area contributed by atoms with Crippen molar-refractivity contribution in [2.45, 2.75) is 26.7 Å². The molecule has 0 amide bonds. The summed E-state index contributed by atoms with van der Waals surface area (Å²) in [6, 6.07) is 0. The zero-order chi connectivity index (χ0) is 14.7. The first-order chi connectivity index (χ1) is 9.50. The van der Waals surface area contributed by atoms with Gasteiger partial charge in [-0.2, -0.15) is 5.10 Å². The first-order valence-corrected chi connectivity index (χ1v) is 6.76. The predicted molar refractivity (Wildman–Crippen MR) is 77.3 cm³/mol. The van der Waals surface area contributed by atoms with Crippen LogP contribution in [0.4, 0.5) is 5.69 Å². The first-order valence-electron chi connectivity index (χ1n) is 6.38. The van der Waals surface area contributed by atoms with E-state index in [2.05, 4.69) is 15.6 Å². The van der Waals surface area contributed by atoms with Crippen LogP contribution in [0.2, 0.25) is 5.02 Å². The van der Waals surface area contributed by atoms with Gasteiger partial charge in [0.1, 0.15) is 10.8 Å². The highest BCUT2D eigenvalue weighted by atomic mass is 35.5. The third-order valence-electron chi connectivity index (χ3n) is 3.18. The number of nitrogens with one attached hydrogen (secondary N) is 1. The number of halogens is 1. The Morgan fingerprint density at radius 2 is 2.20 bits per heavy atom. The molecule has 0 bridgehead atoms. The fourth-order valence-corrected chi connectivity index (χ4v) is 2.22. The molecule has 2 aromatic heterocycles. The normalized spacial score (nSPS) is 10.8. The Balaban J connectivity index is 1.91. The van der Waals surface area contributed by atoms with Crippen molar-refractivity contribution in [3.05, 3.63) is 38.6 Å². The summed E-state index contributed by atoms with van der Waals surface area (Å²) in [6.07, 6.45) is 3.30. The van der Waals surface area contributed by atoms with E-state index in [1.165, 1.54) is 4.68 Å². The Labute approximate surface area is 121 Å². The van der Waals surface area contributed by atoms with Crippen LogP contribution in [0, 0.1) is 13.8 Å². The van der Waals surface area contributed by atoms with E-state index in [1.807, 2.05) is 13.8 Å². The Morgan fingerprint density at radius 3 is 2.85 bits per heavy atom. The largest absolute Gasteiger partial charge is 0.382 e. The number of aromatic nitrogens is 3. The number of anilines is 1. The molecule has 7 heteroatoms. The van der Waals surface area contributed by atoms with Gasteiger partial charge in [-0.3, -0.25) is 4.79 Å². The zero-order valence-corrected chi connectivity index (χ0v) is 12.5. The topological polar surface area (TPSA) is 73.0 Å². The highest BCUT2D eigenvalue weighted by Crippen LogP contribution is 2.16. The molecule has 0 saturated heterocycles. The molecule has 2 rings (SSSR count). The lowest BCUT2D eigenvalue weighted by Crippen LogP contribution is -2.21. The maximum Gasteiger partial charge on any atom is 0.287 e. The van der Waals surface area contributed by atoms with Gasteiger partial charge in [0.05, 0.1) is 17.6 Å². The van der Waals surface area contributed by atoms with Crippen LogP contribution in [-0.4, -0.2) is 21.5 Å². The molecule has 0 aromatic carbocycles. The SMILES string of the molecule is Cc1noc(C)c1CCCNc1cnn(C)c(=O)c1Cl. The van der Waals surface area contributed by atoms with E-state index in [4.69, 9.17) is 16.1 Å². The number of rotatable bonds is 5. The van der Waals surface area contributed by atoms with Crippen molar-refractivity contribution in [3.63, 3.8) is 0 Å². The van der Waals surface area contributed by atoms with E-state index < -0.39 is 0 Å². The van der Waals surface area contributed by atoms with Gasteiger partial charge in [-0.1, -0.05) is 16.8 Å². The molecular weight excluding hydrogens is 280 g/mol. The minimum absolute atomic E-state index is 0.167. The van der Waals surface area contributed by atoms with Gasteiger partial charge >= 0.3 is 0 Å². The highest BCUT2D eigenvalue weighted by molar-refractivity contribution is 6.32. The average Bonchev–Trinajstić information content (AvgIpc) is 2.74. The second-order valence-corrected chi connectivity index (χ2v) is 5.01. The van der Waals surface area contributed by atoms with Crippen molar-refractivity contribution < 1.29 is 4.52 Å². The lowest BCUT2D eigenvalue weighted by Gasteiger charge is -2.08. The highest BCUT2D eigenvalue weighted by Gasteiger charge is 2.09. The molecule has 2 aromatic rings. The van der Waals surface area contributed by atoms with Gasteiger partial charge in [0.25, 0.3) is 5.56 Å². The smallest absolute Gasteiger partial charge is 0.287 e. The molecule has 0 saturated carbocycles. The molecule has 1 N–H and O–H groups in total. The molecule has 0 aliphatic carbocycles. The van der Waals surface area contributed by atoms with Gasteiger partial charge in [0, 0.05) is 19.2 Å². The summed E-state index contributed by atoms with van der Waals surface area (Å²) in [5.74, 6) is 0.857. The molecule has 0 atom stereocenters. The summed E-state index contributed by atoms with van der Waals surface area (Å²) in [4.78, 5) is 11.6. The molecular formula is C13H17ClN4O2. The molecule has 108 valence electrons. The molecule has 2 heterocycles. The van der Waals surface area contributed by atoms with E-state index >= 15 is 0 Å². The number of aryl methyl sites for hydroxylation is 3. The van der Waals surface area contributed by atoms with Crippen LogP contribution in [0.1, 0.15) is 23.4 Å². The minimum atomic E-state index is -0.303. The maximum atomic E-state index is 11.6. The van der Waals surface area contributed by atoms with Crippen LogP contribution in [0.5, 0.6) is 0 Å². The Kier molecular flexibility index (Phi) is 4.44. The molecule has 0 aliphatic heterocycles. The van der Waals surface area contributed by atoms with Crippen LogP contribution in [0.3, 0.4) is 0 Å². The molecule has 20 heavy (non-hydrogen) atoms. The average molecular weight is 297 g/mol. The standard InChI is InChI=1S/C13H17ClN4O2/c1-8-10(9(2)20-17-8)5-4-6-15-11-7-16-18(3)13(19)12(11)14/h7,15H,4-6H2,1-3H3. The van der Waals surface area contributed by atoms with Gasteiger partial charge in [-0.05, 0) is 26.7 Å². The van der Waals surface area contributed by atoms with Crippen molar-refractivity contribution in [3.8, 4) is 0 Å². The van der Waals surface area contributed by atoms with E-state index in [0.717, 1.165) is 29.9 Å². The molecule has 6 nitrogen and oxygen atoms in total. The molecule has 0 fully saturated rings. The second-order valence-electron chi connectivity index (χ2n) is 4.63. The number of nitrogens with zero attached hydrogens (tertiary/aromatic N) is 3. The van der Waals surface area contributed by atoms with Crippen molar-refractivity contribution >= 4 is 17.3 Å². The number of hydrogen-bond donors (Lipinski definition) is 1. The predicted octanol–water partition coefficient (Wildman–Crippen LogP) is 2.08. The summed E-state index contributed by atoms with van der Waals surface area (Å²) in [5, 5.41) is 11.1. The van der Waals surface area contributed by atoms with Crippen molar-refractivity contribution in [2.75, 3.05) is 11.9 Å². The minimum Gasteiger partial charge on any atom is -0.382 e. The zero-order valence-electron chi connectivity index (χ0n) is 11.7. The van der Waals surface area contributed by atoms with Gasteiger partial charge in [-0.15, -0.1) is 0 Å². The fraction of sp³-hybridized carbons (Fsp3) is 0.462. The lowest BCUT2D eigenvalue weighted by atomic mass is 10.1. The van der Waals surface area contributed by atoms with Crippen LogP contribution in [-0.2, 0) is 13.5 Å². The van der Waals surface area contributed by atoms with Crippen molar-refractivity contribution in [1.82, 2.24) is 14.9 Å². The van der Waals surface area contributed by atoms with E-state index in [-0.39, 0.29) is 10.6 Å². The summed E-state index contributed by atoms with van der Waals surface area (Å²) < 4.78 is 6.32. The molecule has 0 aliphatic rings. The first kappa shape index (κ1) is 14.6. The molecule has 0 unspecified atom stereocenters. The second kappa shape index (κ2) is 6.09. The lowest BCUT2D eigenvalue weighted by molar-refractivity contribution is 0.392. The molecule has 0 radical (unpaired) electrons. The van der Waals surface area contributed by atoms with Crippen LogP contribution in [0.25, 0.3) is 0 Å². The summed E-state index contributed by atoms with van der Waals surface area (Å²) in [5.41, 5.74) is 2.33. The van der Waals surface area contributed by atoms with E-state index in [0.29, 0.717) is 12.2 Å². The fourth-order valence-electron chi connectivity index (χ4n) is 1.98. The Morgan fingerprint density at radius 1 is 1.45 bits per heavy atom.